The van der Waals surface area contributed by atoms with E-state index in [2.05, 4.69) is 71.3 Å². The van der Waals surface area contributed by atoms with Crippen molar-refractivity contribution in [1.82, 2.24) is 9.13 Å². The lowest BCUT2D eigenvalue weighted by Gasteiger charge is -2.10. The zero-order valence-electron chi connectivity index (χ0n) is 37.1. The van der Waals surface area contributed by atoms with E-state index in [0.717, 1.165) is 60.9 Å². The van der Waals surface area contributed by atoms with Crippen LogP contribution in [0.25, 0.3) is 99.5 Å². The maximum atomic E-state index is 9.91. The fourth-order valence-corrected chi connectivity index (χ4v) is 8.15. The molecular weight excluding hydrogens is 677 g/mol. The second-order valence-corrected chi connectivity index (χ2v) is 14.0. The van der Waals surface area contributed by atoms with E-state index < -0.39 is 12.1 Å². The molecule has 2 aromatic heterocycles. The van der Waals surface area contributed by atoms with Crippen LogP contribution in [0.3, 0.4) is 0 Å². The minimum absolute atomic E-state index is 0.0800. The predicted octanol–water partition coefficient (Wildman–Crippen LogP) is 14.5. The Hall–Kier alpha value is -7.42. The van der Waals surface area contributed by atoms with Crippen LogP contribution in [-0.2, 0) is 0 Å². The molecule has 2 nitrogen and oxygen atoms in total. The molecule has 11 aromatic rings. The number of fused-ring (bicyclic) bond motifs is 6. The van der Waals surface area contributed by atoms with Crippen LogP contribution in [0.4, 0.5) is 0 Å². The molecule has 0 saturated heterocycles. The van der Waals surface area contributed by atoms with Crippen molar-refractivity contribution in [3.63, 3.8) is 0 Å². The van der Waals surface area contributed by atoms with Gasteiger partial charge in [0.25, 0.3) is 0 Å². The topological polar surface area (TPSA) is 9.86 Å². The van der Waals surface area contributed by atoms with E-state index >= 15 is 0 Å². The molecule has 0 unspecified atom stereocenters. The molecule has 0 aliphatic heterocycles. The lowest BCUT2D eigenvalue weighted by atomic mass is 9.95. The van der Waals surface area contributed by atoms with Crippen LogP contribution in [0.15, 0.2) is 218 Å². The van der Waals surface area contributed by atoms with Crippen LogP contribution >= 0.6 is 0 Å². The molecule has 0 N–H and O–H groups in total. The van der Waals surface area contributed by atoms with Crippen LogP contribution in [0.1, 0.15) is 9.60 Å². The van der Waals surface area contributed by atoms with Crippen molar-refractivity contribution in [3.05, 3.63) is 218 Å². The molecule has 0 spiro atoms. The molecule has 0 amide bonds. The highest BCUT2D eigenvalue weighted by atomic mass is 15.0. The van der Waals surface area contributed by atoms with Gasteiger partial charge in [0.15, 0.2) is 0 Å². The van der Waals surface area contributed by atoms with E-state index in [1.54, 1.807) is 4.57 Å². The van der Waals surface area contributed by atoms with E-state index in [-0.39, 0.29) is 57.6 Å². The van der Waals surface area contributed by atoms with Gasteiger partial charge >= 0.3 is 0 Å². The summed E-state index contributed by atoms with van der Waals surface area (Å²) in [4.78, 5) is 0. The van der Waals surface area contributed by atoms with Gasteiger partial charge in [-0.25, -0.2) is 0 Å². The molecule has 56 heavy (non-hydrogen) atoms. The second-order valence-electron chi connectivity index (χ2n) is 14.0. The van der Waals surface area contributed by atoms with Gasteiger partial charge in [0.2, 0.25) is 0 Å². The highest BCUT2D eigenvalue weighted by molar-refractivity contribution is 6.17. The average Bonchev–Trinajstić information content (AvgIpc) is 3.87. The van der Waals surface area contributed by atoms with E-state index in [1.165, 1.54) is 0 Å². The van der Waals surface area contributed by atoms with Crippen LogP contribution in [0, 0.1) is 0 Å². The lowest BCUT2D eigenvalue weighted by molar-refractivity contribution is 1.18. The van der Waals surface area contributed by atoms with Gasteiger partial charge in [0.05, 0.1) is 31.7 Å². The van der Waals surface area contributed by atoms with E-state index in [0.29, 0.717) is 11.3 Å². The van der Waals surface area contributed by atoms with Crippen molar-refractivity contribution in [2.45, 2.75) is 0 Å². The van der Waals surface area contributed by atoms with Crippen LogP contribution in [0.2, 0.25) is 0 Å². The summed E-state index contributed by atoms with van der Waals surface area (Å²) in [6, 6.07) is 56.8. The molecule has 0 saturated carbocycles. The summed E-state index contributed by atoms with van der Waals surface area (Å²) in [5.41, 5.74) is 10.9. The summed E-state index contributed by atoms with van der Waals surface area (Å²) in [6.45, 7) is 0. The van der Waals surface area contributed by atoms with Gasteiger partial charge < -0.3 is 9.13 Å². The quantitative estimate of drug-likeness (QED) is 0.162. The first-order chi connectivity index (χ1) is 30.7. The van der Waals surface area contributed by atoms with Crippen molar-refractivity contribution in [3.8, 4) is 55.9 Å². The molecule has 0 bridgehead atoms. The Labute approximate surface area is 335 Å². The molecule has 0 fully saturated rings. The fraction of sp³-hybridized carbons (Fsp3) is 0. The van der Waals surface area contributed by atoms with E-state index in [9.17, 15) is 5.48 Å². The molecule has 11 rings (SSSR count). The summed E-state index contributed by atoms with van der Waals surface area (Å²) in [5.74, 6) is 0. The van der Waals surface area contributed by atoms with Gasteiger partial charge in [-0.2, -0.15) is 0 Å². The maximum Gasteiger partial charge on any atom is 0.0645 e. The summed E-state index contributed by atoms with van der Waals surface area (Å²) in [6.07, 6.45) is 0. The third kappa shape index (κ3) is 5.26. The Kier molecular flexibility index (Phi) is 6.01. The number of para-hydroxylation sites is 2. The highest BCUT2D eigenvalue weighted by Crippen LogP contribution is 2.42. The SMILES string of the molecule is [2H]c1c([2H])c([2H])c2c(c1[2H])c1c([2H])c(-c3ccc4c(c3)c3c(-c5ccc(-c6ccccc6)cc5)cccc3n4-c3ccccc3)c([2H])c([2H])c1n2-c1ccc(-c2ccccc2)cc1. The van der Waals surface area contributed by atoms with Gasteiger partial charge in [0, 0.05) is 32.9 Å². The Bertz CT molecular complexity index is 3600. The van der Waals surface area contributed by atoms with Crippen LogP contribution in [-0.4, -0.2) is 9.13 Å². The third-order valence-electron chi connectivity index (χ3n) is 10.8. The number of hydrogen-bond acceptors (Lipinski definition) is 0. The fourth-order valence-electron chi connectivity index (χ4n) is 8.15. The normalized spacial score (nSPS) is 13.3. The number of benzene rings is 9. The largest absolute Gasteiger partial charge is 0.309 e. The maximum absolute atomic E-state index is 9.91. The average molecular weight is 720 g/mol. The summed E-state index contributed by atoms with van der Waals surface area (Å²) in [7, 11) is 0. The molecule has 2 heterocycles. The minimum Gasteiger partial charge on any atom is -0.309 e. The zero-order chi connectivity index (χ0) is 43.1. The lowest BCUT2D eigenvalue weighted by Crippen LogP contribution is -1.94. The standard InChI is InChI=1S/C54H36N2/c1-4-13-37(14-5-1)39-23-25-41(26-24-39)46-20-12-22-53-54(46)49-36-43(30-34-52(49)56(53)44-17-8-3-9-18-44)42-29-33-51-48(35-42)47-19-10-11-21-50(47)55(51)45-31-27-40(28-32-45)38-15-6-2-7-16-38/h1-36H/i10D,11D,19D,21D,29D,33D,35D. The van der Waals surface area contributed by atoms with Gasteiger partial charge in [-0.3, -0.25) is 0 Å². The Morgan fingerprint density at radius 3 is 1.59 bits per heavy atom. The van der Waals surface area contributed by atoms with Crippen LogP contribution in [0.5, 0.6) is 0 Å². The number of aromatic nitrogens is 2. The van der Waals surface area contributed by atoms with Crippen LogP contribution < -0.4 is 0 Å². The Morgan fingerprint density at radius 1 is 0.321 bits per heavy atom. The number of hydrogen-bond donors (Lipinski definition) is 0. The molecule has 9 aromatic carbocycles. The Morgan fingerprint density at radius 2 is 0.875 bits per heavy atom. The smallest absolute Gasteiger partial charge is 0.0645 e. The predicted molar refractivity (Wildman–Crippen MR) is 237 cm³/mol. The molecule has 0 atom stereocenters. The summed E-state index contributed by atoms with van der Waals surface area (Å²) in [5, 5.41) is 2.25. The minimum atomic E-state index is -0.423. The molecule has 262 valence electrons. The first-order valence-corrected chi connectivity index (χ1v) is 18.7. The molecular formula is C54H36N2. The zero-order valence-corrected chi connectivity index (χ0v) is 30.1. The van der Waals surface area contributed by atoms with E-state index in [4.69, 9.17) is 4.11 Å². The monoisotopic (exact) mass is 719 g/mol. The van der Waals surface area contributed by atoms with Crippen molar-refractivity contribution >= 4 is 43.6 Å². The second kappa shape index (κ2) is 13.2. The highest BCUT2D eigenvalue weighted by Gasteiger charge is 2.18. The van der Waals surface area contributed by atoms with Gasteiger partial charge in [-0.15, -0.1) is 0 Å². The van der Waals surface area contributed by atoms with Crippen molar-refractivity contribution in [1.29, 1.82) is 0 Å². The molecule has 0 aliphatic carbocycles. The number of rotatable bonds is 6. The Balaban J connectivity index is 1.17. The number of nitrogens with zero attached hydrogens (tertiary/aromatic N) is 2. The van der Waals surface area contributed by atoms with E-state index in [1.807, 2.05) is 109 Å². The van der Waals surface area contributed by atoms with Gasteiger partial charge in [0.1, 0.15) is 0 Å². The molecule has 0 aliphatic rings. The van der Waals surface area contributed by atoms with Crippen molar-refractivity contribution in [2.75, 3.05) is 0 Å². The first kappa shape index (κ1) is 25.6. The van der Waals surface area contributed by atoms with Crippen molar-refractivity contribution in [2.24, 2.45) is 0 Å². The van der Waals surface area contributed by atoms with Gasteiger partial charge in [-0.05, 0) is 105 Å². The summed E-state index contributed by atoms with van der Waals surface area (Å²) >= 11 is 0. The third-order valence-corrected chi connectivity index (χ3v) is 10.8. The van der Waals surface area contributed by atoms with Gasteiger partial charge in [-0.1, -0.05) is 158 Å². The molecule has 2 heteroatoms. The summed E-state index contributed by atoms with van der Waals surface area (Å²) < 4.78 is 68.7. The van der Waals surface area contributed by atoms with Crippen molar-refractivity contribution < 1.29 is 9.60 Å². The molecule has 0 radical (unpaired) electrons. The first-order valence-electron chi connectivity index (χ1n) is 22.2.